The predicted octanol–water partition coefficient (Wildman–Crippen LogP) is 4.55. The number of carbonyl (C=O) groups excluding carboxylic acids is 1. The highest BCUT2D eigenvalue weighted by atomic mass is 16.8. The van der Waals surface area contributed by atoms with Gasteiger partial charge in [0.05, 0.1) is 0 Å². The maximum absolute atomic E-state index is 11.9. The van der Waals surface area contributed by atoms with E-state index in [9.17, 15) is 4.79 Å². The van der Waals surface area contributed by atoms with E-state index in [0.29, 0.717) is 5.41 Å². The first-order valence-electron chi connectivity index (χ1n) is 8.15. The first kappa shape index (κ1) is 16.8. The second-order valence-corrected chi connectivity index (χ2v) is 6.79. The van der Waals surface area contributed by atoms with Crippen molar-refractivity contribution >= 4 is 6.16 Å². The monoisotopic (exact) mass is 305 g/mol. The van der Waals surface area contributed by atoms with Crippen LogP contribution in [0.1, 0.15) is 52.0 Å². The number of hydroxylamine groups is 2. The average Bonchev–Trinajstić information content (AvgIpc) is 2.64. The van der Waals surface area contributed by atoms with E-state index in [2.05, 4.69) is 20.8 Å². The van der Waals surface area contributed by atoms with Crippen LogP contribution in [0.2, 0.25) is 0 Å². The van der Waals surface area contributed by atoms with Gasteiger partial charge in [-0.1, -0.05) is 51.1 Å². The normalized spacial score (nSPS) is 21.9. The molecule has 1 fully saturated rings. The highest BCUT2D eigenvalue weighted by molar-refractivity contribution is 5.59. The Morgan fingerprint density at radius 3 is 2.73 bits per heavy atom. The Morgan fingerprint density at radius 2 is 2.05 bits per heavy atom. The first-order chi connectivity index (χ1) is 10.5. The molecule has 0 saturated carbocycles. The van der Waals surface area contributed by atoms with E-state index in [0.717, 1.165) is 37.8 Å². The van der Waals surface area contributed by atoms with Crippen LogP contribution in [0.15, 0.2) is 30.3 Å². The lowest BCUT2D eigenvalue weighted by molar-refractivity contribution is -0.157. The maximum Gasteiger partial charge on any atom is 0.528 e. The van der Waals surface area contributed by atoms with Gasteiger partial charge in [-0.2, -0.15) is 0 Å². The van der Waals surface area contributed by atoms with E-state index in [4.69, 9.17) is 9.57 Å². The Bertz CT molecular complexity index is 472. The quantitative estimate of drug-likeness (QED) is 0.765. The molecule has 1 atom stereocenters. The summed E-state index contributed by atoms with van der Waals surface area (Å²) in [6.07, 6.45) is 3.59. The van der Waals surface area contributed by atoms with Crippen LogP contribution in [0.4, 0.5) is 4.79 Å². The molecule has 22 heavy (non-hydrogen) atoms. The molecule has 4 nitrogen and oxygen atoms in total. The van der Waals surface area contributed by atoms with Gasteiger partial charge >= 0.3 is 6.16 Å². The number of nitrogens with zero attached hydrogens (tertiary/aromatic N) is 1. The Kier molecular flexibility index (Phi) is 5.83. The number of rotatable bonds is 4. The van der Waals surface area contributed by atoms with E-state index < -0.39 is 6.16 Å². The molecule has 0 aliphatic carbocycles. The molecule has 1 aromatic carbocycles. The van der Waals surface area contributed by atoms with Crippen molar-refractivity contribution in [2.24, 2.45) is 5.41 Å². The minimum Gasteiger partial charge on any atom is -0.428 e. The van der Waals surface area contributed by atoms with Crippen LogP contribution in [0.25, 0.3) is 0 Å². The summed E-state index contributed by atoms with van der Waals surface area (Å²) in [4.78, 5) is 17.4. The van der Waals surface area contributed by atoms with Crippen molar-refractivity contribution < 1.29 is 14.4 Å². The van der Waals surface area contributed by atoms with Gasteiger partial charge in [-0.05, 0) is 36.7 Å². The molecular formula is C18H27NO3. The smallest absolute Gasteiger partial charge is 0.428 e. The third kappa shape index (κ3) is 5.02. The van der Waals surface area contributed by atoms with Crippen molar-refractivity contribution in [3.63, 3.8) is 0 Å². The Balaban J connectivity index is 1.86. The van der Waals surface area contributed by atoms with Gasteiger partial charge in [0.25, 0.3) is 0 Å². The lowest BCUT2D eigenvalue weighted by atomic mass is 9.82. The standard InChI is InChI=1S/C18H27NO3/c1-4-16-13-18(2,3)11-8-12-19(16)22-17(20)21-14-15-9-6-5-7-10-15/h5-7,9-10,16H,4,8,11-14H2,1-3H3. The molecule has 0 N–H and O–H groups in total. The van der Waals surface area contributed by atoms with Crippen LogP contribution in [0, 0.1) is 5.41 Å². The fraction of sp³-hybridized carbons (Fsp3) is 0.611. The van der Waals surface area contributed by atoms with Crippen LogP contribution in [-0.2, 0) is 16.2 Å². The lowest BCUT2D eigenvalue weighted by Crippen LogP contribution is -2.38. The van der Waals surface area contributed by atoms with Crippen LogP contribution in [-0.4, -0.2) is 23.8 Å². The van der Waals surface area contributed by atoms with E-state index in [1.807, 2.05) is 35.4 Å². The van der Waals surface area contributed by atoms with Gasteiger partial charge in [0.15, 0.2) is 0 Å². The summed E-state index contributed by atoms with van der Waals surface area (Å²) in [6, 6.07) is 9.91. The molecule has 0 amide bonds. The molecule has 1 saturated heterocycles. The number of ether oxygens (including phenoxy) is 1. The highest BCUT2D eigenvalue weighted by Crippen LogP contribution is 2.34. The summed E-state index contributed by atoms with van der Waals surface area (Å²) in [5.74, 6) is 0. The number of hydrogen-bond donors (Lipinski definition) is 0. The van der Waals surface area contributed by atoms with Crippen molar-refractivity contribution in [1.29, 1.82) is 0 Å². The molecule has 2 rings (SSSR count). The van der Waals surface area contributed by atoms with Gasteiger partial charge in [0, 0.05) is 12.6 Å². The molecular weight excluding hydrogens is 278 g/mol. The molecule has 1 aliphatic heterocycles. The Morgan fingerprint density at radius 1 is 1.32 bits per heavy atom. The van der Waals surface area contributed by atoms with E-state index >= 15 is 0 Å². The minimum absolute atomic E-state index is 0.246. The van der Waals surface area contributed by atoms with Gasteiger partial charge < -0.3 is 9.57 Å². The molecule has 1 aromatic rings. The third-order valence-corrected chi connectivity index (χ3v) is 4.29. The summed E-state index contributed by atoms with van der Waals surface area (Å²) in [7, 11) is 0. The zero-order valence-corrected chi connectivity index (χ0v) is 13.9. The van der Waals surface area contributed by atoms with E-state index in [1.54, 1.807) is 0 Å². The second-order valence-electron chi connectivity index (χ2n) is 6.79. The number of carbonyl (C=O) groups is 1. The molecule has 0 spiro atoms. The van der Waals surface area contributed by atoms with Gasteiger partial charge in [-0.3, -0.25) is 0 Å². The summed E-state index contributed by atoms with van der Waals surface area (Å²) in [6.45, 7) is 7.73. The topological polar surface area (TPSA) is 38.8 Å². The van der Waals surface area contributed by atoms with Crippen LogP contribution < -0.4 is 0 Å². The predicted molar refractivity (Wildman–Crippen MR) is 86.1 cm³/mol. The van der Waals surface area contributed by atoms with Gasteiger partial charge in [0.2, 0.25) is 0 Å². The largest absolute Gasteiger partial charge is 0.528 e. The summed E-state index contributed by atoms with van der Waals surface area (Å²) < 4.78 is 5.21. The third-order valence-electron chi connectivity index (χ3n) is 4.29. The summed E-state index contributed by atoms with van der Waals surface area (Å²) >= 11 is 0. The molecule has 1 heterocycles. The van der Waals surface area contributed by atoms with Crippen LogP contribution >= 0.6 is 0 Å². The average molecular weight is 305 g/mol. The van der Waals surface area contributed by atoms with Gasteiger partial charge in [0.1, 0.15) is 6.61 Å². The first-order valence-corrected chi connectivity index (χ1v) is 8.15. The highest BCUT2D eigenvalue weighted by Gasteiger charge is 2.32. The second kappa shape index (κ2) is 7.63. The van der Waals surface area contributed by atoms with Crippen LogP contribution in [0.3, 0.4) is 0 Å². The minimum atomic E-state index is -0.609. The molecule has 4 heteroatoms. The van der Waals surface area contributed by atoms with Crippen molar-refractivity contribution in [1.82, 2.24) is 5.06 Å². The lowest BCUT2D eigenvalue weighted by Gasteiger charge is -2.30. The molecule has 1 unspecified atom stereocenters. The van der Waals surface area contributed by atoms with Gasteiger partial charge in [-0.25, -0.2) is 4.79 Å². The SMILES string of the molecule is CCC1CC(C)(C)CCCN1OC(=O)OCc1ccccc1. The van der Waals surface area contributed by atoms with E-state index in [-0.39, 0.29) is 12.6 Å². The number of benzene rings is 1. The fourth-order valence-corrected chi connectivity index (χ4v) is 3.04. The molecule has 0 bridgehead atoms. The Hall–Kier alpha value is -1.55. The molecule has 0 radical (unpaired) electrons. The zero-order valence-electron chi connectivity index (χ0n) is 13.9. The van der Waals surface area contributed by atoms with Crippen molar-refractivity contribution in [3.05, 3.63) is 35.9 Å². The van der Waals surface area contributed by atoms with Crippen molar-refractivity contribution in [2.75, 3.05) is 6.54 Å². The molecule has 1 aliphatic rings. The van der Waals surface area contributed by atoms with Gasteiger partial charge in [-0.15, -0.1) is 5.06 Å². The number of hydrogen-bond acceptors (Lipinski definition) is 4. The Labute approximate surface area is 133 Å². The molecule has 0 aromatic heterocycles. The summed E-state index contributed by atoms with van der Waals surface area (Å²) in [5, 5.41) is 1.82. The zero-order chi connectivity index (χ0) is 16.0. The van der Waals surface area contributed by atoms with Crippen molar-refractivity contribution in [2.45, 2.75) is 59.1 Å². The summed E-state index contributed by atoms with van der Waals surface area (Å²) in [5.41, 5.74) is 1.26. The van der Waals surface area contributed by atoms with E-state index in [1.165, 1.54) is 0 Å². The van der Waals surface area contributed by atoms with Crippen LogP contribution in [0.5, 0.6) is 0 Å². The molecule has 122 valence electrons. The fourth-order valence-electron chi connectivity index (χ4n) is 3.04. The maximum atomic E-state index is 11.9. The van der Waals surface area contributed by atoms with Crippen molar-refractivity contribution in [3.8, 4) is 0 Å².